The van der Waals surface area contributed by atoms with Crippen LogP contribution in [0.1, 0.15) is 80.3 Å². The molecule has 1 unspecified atom stereocenters. The molecule has 3 N–H and O–H groups in total. The quantitative estimate of drug-likeness (QED) is 0.234. The van der Waals surface area contributed by atoms with Crippen molar-refractivity contribution < 1.29 is 14.7 Å². The summed E-state index contributed by atoms with van der Waals surface area (Å²) in [6, 6.07) is 26.6. The van der Waals surface area contributed by atoms with Gasteiger partial charge in [0, 0.05) is 40.8 Å². The monoisotopic (exact) mass is 594 g/mol. The van der Waals surface area contributed by atoms with Crippen molar-refractivity contribution in [1.29, 1.82) is 0 Å². The van der Waals surface area contributed by atoms with E-state index in [0.717, 1.165) is 41.9 Å². The molecule has 3 heterocycles. The van der Waals surface area contributed by atoms with Crippen LogP contribution < -0.4 is 10.6 Å². The Morgan fingerprint density at radius 2 is 1.74 bits per heavy atom. The molecular weight excluding hydrogens is 556 g/mol. The minimum atomic E-state index is -0.796. The van der Waals surface area contributed by atoms with Gasteiger partial charge in [-0.15, -0.1) is 11.3 Å². The molecule has 2 fully saturated rings. The molecule has 6 rings (SSSR count). The molecule has 222 valence electrons. The Morgan fingerprint density at radius 3 is 2.49 bits per heavy atom. The lowest BCUT2D eigenvalue weighted by molar-refractivity contribution is 0.0729. The van der Waals surface area contributed by atoms with Crippen LogP contribution in [0, 0.1) is 6.92 Å². The number of rotatable bonds is 9. The van der Waals surface area contributed by atoms with Crippen molar-refractivity contribution in [3.8, 4) is 0 Å². The number of nitrogens with zero attached hydrogens (tertiary/aromatic N) is 2. The van der Waals surface area contributed by atoms with Gasteiger partial charge < -0.3 is 20.6 Å². The number of aliphatic hydroxyl groups is 1. The first-order chi connectivity index (χ1) is 21.0. The number of thiazole rings is 1. The molecule has 0 bridgehead atoms. The highest BCUT2D eigenvalue weighted by atomic mass is 32.1. The van der Waals surface area contributed by atoms with E-state index >= 15 is 0 Å². The third kappa shape index (κ3) is 6.72. The molecule has 5 atom stereocenters. The number of carbonyl (C=O) groups excluding carboxylic acids is 2. The first kappa shape index (κ1) is 29.2. The highest BCUT2D eigenvalue weighted by Crippen LogP contribution is 2.35. The third-order valence-corrected chi connectivity index (χ3v) is 9.69. The van der Waals surface area contributed by atoms with Crippen molar-refractivity contribution in [2.75, 3.05) is 6.54 Å². The molecule has 2 aliphatic heterocycles. The molecule has 0 saturated carbocycles. The van der Waals surface area contributed by atoms with Gasteiger partial charge in [0.15, 0.2) is 0 Å². The zero-order valence-corrected chi connectivity index (χ0v) is 25.2. The highest BCUT2D eigenvalue weighted by Gasteiger charge is 2.36. The number of carbonyl (C=O) groups is 2. The summed E-state index contributed by atoms with van der Waals surface area (Å²) in [6.45, 7) is 2.64. The van der Waals surface area contributed by atoms with Gasteiger partial charge in [-0.25, -0.2) is 4.98 Å². The molecule has 43 heavy (non-hydrogen) atoms. The number of aromatic nitrogens is 1. The second kappa shape index (κ2) is 13.2. The van der Waals surface area contributed by atoms with Gasteiger partial charge in [-0.3, -0.25) is 9.59 Å². The summed E-state index contributed by atoms with van der Waals surface area (Å²) >= 11 is 1.59. The number of nitrogens with one attached hydrogen (secondary N) is 2. The highest BCUT2D eigenvalue weighted by molar-refractivity contribution is 7.09. The number of hydrogen-bond donors (Lipinski definition) is 3. The van der Waals surface area contributed by atoms with Crippen molar-refractivity contribution in [3.05, 3.63) is 123 Å². The number of hydrogen-bond acceptors (Lipinski definition) is 6. The van der Waals surface area contributed by atoms with E-state index < -0.39 is 12.1 Å². The van der Waals surface area contributed by atoms with Crippen LogP contribution in [0.2, 0.25) is 0 Å². The molecule has 0 aliphatic carbocycles. The standard InChI is InChI=1S/C35H38N4O3S/c1-23-22-43-34(36-23)31-16-9-19-39(31)35(42)27-15-8-14-26(21-27)33(41)38-30(20-24-10-4-2-5-11-24)32(40)29-18-17-28(37-29)25-12-6-3-7-13-25/h2-8,10-15,21-22,28-32,37,40H,9,16-20H2,1H3,(H,38,41)/t28-,29+,30?,31-,32-/m1/s1. The number of likely N-dealkylation sites (tertiary alicyclic amines) is 1. The number of amides is 2. The predicted octanol–water partition coefficient (Wildman–Crippen LogP) is 5.62. The third-order valence-electron chi connectivity index (χ3n) is 8.63. The van der Waals surface area contributed by atoms with Crippen molar-refractivity contribution >= 4 is 23.2 Å². The maximum atomic E-state index is 13.7. The fourth-order valence-electron chi connectivity index (χ4n) is 6.40. The average Bonchev–Trinajstić information content (AvgIpc) is 3.82. The summed E-state index contributed by atoms with van der Waals surface area (Å²) in [5, 5.41) is 21.3. The van der Waals surface area contributed by atoms with E-state index in [1.54, 1.807) is 35.6 Å². The van der Waals surface area contributed by atoms with Gasteiger partial charge in [0.25, 0.3) is 11.8 Å². The smallest absolute Gasteiger partial charge is 0.254 e. The SMILES string of the molecule is Cc1csc([C@H]2CCCN2C(=O)c2cccc(C(=O)NC(Cc3ccccc3)[C@H](O)[C@@H]3CC[C@H](c4ccccc4)N3)c2)n1. The van der Waals surface area contributed by atoms with E-state index in [0.29, 0.717) is 24.1 Å². The maximum Gasteiger partial charge on any atom is 0.254 e. The molecule has 8 heteroatoms. The van der Waals surface area contributed by atoms with E-state index in [2.05, 4.69) is 27.8 Å². The Bertz CT molecular complexity index is 1540. The Morgan fingerprint density at radius 1 is 1.00 bits per heavy atom. The first-order valence-corrected chi connectivity index (χ1v) is 16.0. The topological polar surface area (TPSA) is 94.6 Å². The van der Waals surface area contributed by atoms with E-state index in [4.69, 9.17) is 0 Å². The summed E-state index contributed by atoms with van der Waals surface area (Å²) < 4.78 is 0. The van der Waals surface area contributed by atoms with E-state index in [1.807, 2.05) is 65.7 Å². The first-order valence-electron chi connectivity index (χ1n) is 15.1. The lowest BCUT2D eigenvalue weighted by Crippen LogP contribution is -2.52. The van der Waals surface area contributed by atoms with Crippen molar-refractivity contribution in [3.63, 3.8) is 0 Å². The summed E-state index contributed by atoms with van der Waals surface area (Å²) in [5.41, 5.74) is 4.08. The second-order valence-electron chi connectivity index (χ2n) is 11.6. The van der Waals surface area contributed by atoms with Gasteiger partial charge in [0.2, 0.25) is 0 Å². The largest absolute Gasteiger partial charge is 0.389 e. The van der Waals surface area contributed by atoms with Crippen molar-refractivity contribution in [1.82, 2.24) is 20.5 Å². The normalized spacial score (nSPS) is 21.4. The van der Waals surface area contributed by atoms with Crippen LogP contribution in [0.5, 0.6) is 0 Å². The Balaban J connectivity index is 1.18. The molecule has 3 aromatic carbocycles. The van der Waals surface area contributed by atoms with Gasteiger partial charge in [-0.2, -0.15) is 0 Å². The van der Waals surface area contributed by atoms with Gasteiger partial charge >= 0.3 is 0 Å². The number of aryl methyl sites for hydroxylation is 1. The van der Waals surface area contributed by atoms with Crippen LogP contribution in [0.25, 0.3) is 0 Å². The zero-order chi connectivity index (χ0) is 29.8. The Hall–Kier alpha value is -3.85. The van der Waals surface area contributed by atoms with Gasteiger partial charge in [0.1, 0.15) is 5.01 Å². The zero-order valence-electron chi connectivity index (χ0n) is 24.4. The van der Waals surface area contributed by atoms with E-state index in [1.165, 1.54) is 5.56 Å². The van der Waals surface area contributed by atoms with Crippen LogP contribution in [0.15, 0.2) is 90.3 Å². The van der Waals surface area contributed by atoms with Crippen LogP contribution >= 0.6 is 11.3 Å². The van der Waals surface area contributed by atoms with Gasteiger partial charge in [-0.05, 0) is 68.4 Å². The molecule has 0 spiro atoms. The number of benzene rings is 3. The summed E-state index contributed by atoms with van der Waals surface area (Å²) in [7, 11) is 0. The molecule has 2 aliphatic rings. The maximum absolute atomic E-state index is 13.7. The summed E-state index contributed by atoms with van der Waals surface area (Å²) in [6.07, 6.45) is 3.23. The molecular formula is C35H38N4O3S. The minimum Gasteiger partial charge on any atom is -0.389 e. The lowest BCUT2D eigenvalue weighted by Gasteiger charge is -2.29. The summed E-state index contributed by atoms with van der Waals surface area (Å²) in [5.74, 6) is -0.395. The van der Waals surface area contributed by atoms with Gasteiger partial charge in [0.05, 0.1) is 18.2 Å². The van der Waals surface area contributed by atoms with E-state index in [-0.39, 0.29) is 29.9 Å². The second-order valence-corrected chi connectivity index (χ2v) is 12.5. The van der Waals surface area contributed by atoms with Crippen LogP contribution in [-0.4, -0.2) is 51.5 Å². The van der Waals surface area contributed by atoms with Crippen molar-refractivity contribution in [2.45, 2.75) is 69.3 Å². The Kier molecular flexibility index (Phi) is 8.98. The predicted molar refractivity (Wildman–Crippen MR) is 169 cm³/mol. The van der Waals surface area contributed by atoms with Crippen LogP contribution in [-0.2, 0) is 6.42 Å². The van der Waals surface area contributed by atoms with Crippen LogP contribution in [0.4, 0.5) is 0 Å². The lowest BCUT2D eigenvalue weighted by atomic mass is 9.95. The molecule has 1 aromatic heterocycles. The van der Waals surface area contributed by atoms with Crippen LogP contribution in [0.3, 0.4) is 0 Å². The molecule has 7 nitrogen and oxygen atoms in total. The fraction of sp³-hybridized carbons (Fsp3) is 0.343. The van der Waals surface area contributed by atoms with Crippen molar-refractivity contribution in [2.24, 2.45) is 0 Å². The average molecular weight is 595 g/mol. The fourth-order valence-corrected chi connectivity index (χ4v) is 7.34. The summed E-state index contributed by atoms with van der Waals surface area (Å²) in [4.78, 5) is 33.8. The molecule has 2 saturated heterocycles. The number of aliphatic hydroxyl groups excluding tert-OH is 1. The Labute approximate surface area is 257 Å². The van der Waals surface area contributed by atoms with E-state index in [9.17, 15) is 14.7 Å². The minimum absolute atomic E-state index is 0.0345. The molecule has 0 radical (unpaired) electrons. The molecule has 4 aromatic rings. The van der Waals surface area contributed by atoms with Gasteiger partial charge in [-0.1, -0.05) is 66.7 Å². The molecule has 2 amide bonds.